The van der Waals surface area contributed by atoms with Crippen LogP contribution in [-0.4, -0.2) is 36.1 Å². The molecule has 0 aromatic heterocycles. The second kappa shape index (κ2) is 12.7. The van der Waals surface area contributed by atoms with Gasteiger partial charge in [0.1, 0.15) is 11.2 Å². The second-order valence-electron chi connectivity index (χ2n) is 10.0. The van der Waals surface area contributed by atoms with Crippen molar-refractivity contribution in [3.05, 3.63) is 132 Å². The van der Waals surface area contributed by atoms with Crippen molar-refractivity contribution in [1.82, 2.24) is 0 Å². The lowest BCUT2D eigenvalue weighted by molar-refractivity contribution is -0.177. The molecule has 206 valence electrons. The number of rotatable bonds is 11. The molecule has 0 aliphatic heterocycles. The highest BCUT2D eigenvalue weighted by Crippen LogP contribution is 2.47. The van der Waals surface area contributed by atoms with Crippen LogP contribution in [0.4, 0.5) is 11.4 Å². The molecule has 2 atom stereocenters. The Kier molecular flexibility index (Phi) is 9.15. The van der Waals surface area contributed by atoms with Crippen LogP contribution in [0.5, 0.6) is 0 Å². The van der Waals surface area contributed by atoms with Crippen molar-refractivity contribution in [3.8, 4) is 0 Å². The van der Waals surface area contributed by atoms with E-state index >= 15 is 0 Å². The fourth-order valence-corrected chi connectivity index (χ4v) is 5.11. The molecule has 0 bridgehead atoms. The van der Waals surface area contributed by atoms with Crippen molar-refractivity contribution >= 4 is 23.2 Å². The summed E-state index contributed by atoms with van der Waals surface area (Å²) < 4.78 is 0. The van der Waals surface area contributed by atoms with Gasteiger partial charge in [-0.2, -0.15) is 0 Å². The van der Waals surface area contributed by atoms with Gasteiger partial charge >= 0.3 is 0 Å². The zero-order chi connectivity index (χ0) is 28.6. The van der Waals surface area contributed by atoms with Crippen LogP contribution in [0.2, 0.25) is 0 Å². The summed E-state index contributed by atoms with van der Waals surface area (Å²) in [5.41, 5.74) is -1.31. The van der Waals surface area contributed by atoms with Crippen LogP contribution in [0.1, 0.15) is 36.8 Å². The van der Waals surface area contributed by atoms with Gasteiger partial charge in [-0.15, -0.1) is 0 Å². The first-order valence-electron chi connectivity index (χ1n) is 13.5. The van der Waals surface area contributed by atoms with Gasteiger partial charge < -0.3 is 20.0 Å². The minimum absolute atomic E-state index is 0.0240. The van der Waals surface area contributed by atoms with Gasteiger partial charge in [0.25, 0.3) is 0 Å². The first kappa shape index (κ1) is 28.7. The van der Waals surface area contributed by atoms with Crippen molar-refractivity contribution in [3.63, 3.8) is 0 Å². The van der Waals surface area contributed by atoms with Gasteiger partial charge in [0.2, 0.25) is 11.8 Å². The third-order valence-electron chi connectivity index (χ3n) is 7.62. The largest absolute Gasteiger partial charge is 0.382 e. The second-order valence-corrected chi connectivity index (χ2v) is 10.0. The average Bonchev–Trinajstić information content (AvgIpc) is 3.03. The van der Waals surface area contributed by atoms with Crippen LogP contribution in [-0.2, 0) is 20.8 Å². The molecule has 4 aromatic carbocycles. The Hall–Kier alpha value is -4.26. The number of carbonyl (C=O) groups is 2. The number of nitrogens with zero attached hydrogens (tertiary/aromatic N) is 2. The first-order chi connectivity index (χ1) is 19.3. The number of para-hydroxylation sites is 2. The molecule has 0 saturated heterocycles. The molecule has 4 aromatic rings. The molecule has 0 fully saturated rings. The molecule has 0 radical (unpaired) electrons. The van der Waals surface area contributed by atoms with Crippen molar-refractivity contribution in [2.24, 2.45) is 0 Å². The number of carbonyl (C=O) groups excluding carboxylic acids is 2. The highest BCUT2D eigenvalue weighted by Gasteiger charge is 2.51. The third kappa shape index (κ3) is 6.14. The number of aliphatic hydroxyl groups is 2. The van der Waals surface area contributed by atoms with E-state index < -0.39 is 11.2 Å². The smallest absolute Gasteiger partial charge is 0.226 e. The molecule has 0 spiro atoms. The first-order valence-corrected chi connectivity index (χ1v) is 13.5. The lowest BCUT2D eigenvalue weighted by Crippen LogP contribution is -2.50. The molecular formula is C34H36N2O4. The lowest BCUT2D eigenvalue weighted by atomic mass is 9.68. The molecule has 0 unspecified atom stereocenters. The molecule has 0 heterocycles. The minimum atomic E-state index is -1.87. The topological polar surface area (TPSA) is 81.1 Å². The molecule has 40 heavy (non-hydrogen) atoms. The Morgan fingerprint density at radius 3 is 1.10 bits per heavy atom. The maximum atomic E-state index is 13.3. The van der Waals surface area contributed by atoms with Crippen LogP contribution in [0.3, 0.4) is 0 Å². The molecule has 0 saturated carbocycles. The lowest BCUT2D eigenvalue weighted by Gasteiger charge is -2.45. The van der Waals surface area contributed by atoms with E-state index in [0.717, 1.165) is 11.4 Å². The van der Waals surface area contributed by atoms with Crippen molar-refractivity contribution in [1.29, 1.82) is 0 Å². The molecule has 2 N–H and O–H groups in total. The van der Waals surface area contributed by atoms with Gasteiger partial charge in [-0.25, -0.2) is 0 Å². The van der Waals surface area contributed by atoms with Crippen LogP contribution < -0.4 is 9.80 Å². The quantitative estimate of drug-likeness (QED) is 0.260. The van der Waals surface area contributed by atoms with E-state index in [-0.39, 0.29) is 37.5 Å². The van der Waals surface area contributed by atoms with Crippen LogP contribution in [0.15, 0.2) is 121 Å². The van der Waals surface area contributed by atoms with Crippen molar-refractivity contribution in [2.75, 3.05) is 23.9 Å². The van der Waals surface area contributed by atoms with E-state index in [9.17, 15) is 19.8 Å². The number of anilines is 2. The predicted molar refractivity (Wildman–Crippen MR) is 159 cm³/mol. The van der Waals surface area contributed by atoms with Gasteiger partial charge in [0.15, 0.2) is 0 Å². The van der Waals surface area contributed by atoms with Crippen molar-refractivity contribution in [2.45, 2.75) is 36.9 Å². The summed E-state index contributed by atoms with van der Waals surface area (Å²) in [6, 6.07) is 36.4. The van der Waals surface area contributed by atoms with Gasteiger partial charge in [0, 0.05) is 38.3 Å². The maximum absolute atomic E-state index is 13.3. The summed E-state index contributed by atoms with van der Waals surface area (Å²) >= 11 is 0. The third-order valence-corrected chi connectivity index (χ3v) is 7.62. The van der Waals surface area contributed by atoms with Crippen molar-refractivity contribution < 1.29 is 19.8 Å². The summed E-state index contributed by atoms with van der Waals surface area (Å²) in [6.07, 6.45) is -0.157. The number of amides is 2. The maximum Gasteiger partial charge on any atom is 0.226 e. The Morgan fingerprint density at radius 2 is 0.800 bits per heavy atom. The number of hydrogen-bond acceptors (Lipinski definition) is 4. The zero-order valence-corrected chi connectivity index (χ0v) is 23.0. The Morgan fingerprint density at radius 1 is 0.525 bits per heavy atom. The number of hydrogen-bond donors (Lipinski definition) is 2. The highest BCUT2D eigenvalue weighted by atomic mass is 16.4. The molecule has 6 nitrogen and oxygen atoms in total. The zero-order valence-electron chi connectivity index (χ0n) is 23.0. The molecule has 0 aliphatic rings. The van der Waals surface area contributed by atoms with Gasteiger partial charge in [-0.1, -0.05) is 97.1 Å². The fourth-order valence-electron chi connectivity index (χ4n) is 5.11. The van der Waals surface area contributed by atoms with Crippen LogP contribution in [0.25, 0.3) is 0 Å². The van der Waals surface area contributed by atoms with E-state index in [2.05, 4.69) is 0 Å². The van der Waals surface area contributed by atoms with Gasteiger partial charge in [0.05, 0.1) is 0 Å². The van der Waals surface area contributed by atoms with E-state index in [1.807, 2.05) is 72.8 Å². The average molecular weight is 537 g/mol. The molecule has 4 rings (SSSR count). The van der Waals surface area contributed by atoms with E-state index in [0.29, 0.717) is 11.1 Å². The Bertz CT molecular complexity index is 1270. The van der Waals surface area contributed by atoms with E-state index in [1.165, 1.54) is 0 Å². The fraction of sp³-hybridized carbons (Fsp3) is 0.235. The SMILES string of the molecule is CN(C(=O)CC[C@](O)(c1ccccc1)[C@](O)(CCC(=O)N(C)c1ccccc1)c1ccccc1)c1ccccc1. The number of benzene rings is 4. The predicted octanol–water partition coefficient (Wildman–Crippen LogP) is 5.65. The van der Waals surface area contributed by atoms with Gasteiger partial charge in [-0.3, -0.25) is 9.59 Å². The van der Waals surface area contributed by atoms with Gasteiger partial charge in [-0.05, 0) is 48.2 Å². The van der Waals surface area contributed by atoms with Crippen LogP contribution >= 0.6 is 0 Å². The summed E-state index contributed by atoms with van der Waals surface area (Å²) in [5, 5.41) is 25.0. The highest BCUT2D eigenvalue weighted by molar-refractivity contribution is 5.93. The van der Waals surface area contributed by atoms with E-state index in [4.69, 9.17) is 0 Å². The Balaban J connectivity index is 1.67. The summed E-state index contributed by atoms with van der Waals surface area (Å²) in [4.78, 5) is 29.6. The molecule has 6 heteroatoms. The molecular weight excluding hydrogens is 500 g/mol. The van der Waals surface area contributed by atoms with E-state index in [1.54, 1.807) is 72.4 Å². The summed E-state index contributed by atoms with van der Waals surface area (Å²) in [6.45, 7) is 0. The van der Waals surface area contributed by atoms with Crippen LogP contribution in [0, 0.1) is 0 Å². The molecule has 0 aliphatic carbocycles. The minimum Gasteiger partial charge on any atom is -0.382 e. The monoisotopic (exact) mass is 536 g/mol. The normalized spacial score (nSPS) is 14.0. The summed E-state index contributed by atoms with van der Waals surface area (Å²) in [7, 11) is 3.39. The summed E-state index contributed by atoms with van der Waals surface area (Å²) in [5.74, 6) is -0.397. The standard InChI is InChI=1S/C34H36N2O4/c1-35(29-19-11-5-12-20-29)31(37)23-25-33(39,27-15-7-3-8-16-27)34(40,28-17-9-4-10-18-28)26-24-32(38)36(2)30-21-13-6-14-22-30/h3-22,39-40H,23-26H2,1-2H3/t33-,34-/m0/s1. The molecule has 2 amide bonds. The Labute approximate surface area is 236 Å².